The summed E-state index contributed by atoms with van der Waals surface area (Å²) < 4.78 is 31.8. The Kier molecular flexibility index (Phi) is 8.28. The number of hydrogen-bond donors (Lipinski definition) is 2. The first-order valence-corrected chi connectivity index (χ1v) is 12.7. The highest BCUT2D eigenvalue weighted by Crippen LogP contribution is 2.53. The maximum absolute atomic E-state index is 11.7. The highest BCUT2D eigenvalue weighted by Gasteiger charge is 2.47. The molecule has 0 radical (unpaired) electrons. The van der Waals surface area contributed by atoms with E-state index in [0.29, 0.717) is 0 Å². The second-order valence-electron chi connectivity index (χ2n) is 8.27. The van der Waals surface area contributed by atoms with E-state index in [9.17, 15) is 8.42 Å². The molecule has 2 N–H and O–H groups in total. The molecule has 174 valence electrons. The molecular weight excluding hydrogens is 467 g/mol. The maximum atomic E-state index is 11.7. The standard InChI is InChI=1S/C24H29ClN2O3S.ClH/c1-2-16-31(28,29)27-14-15-30-21-9-4-18-10-13-26-23(22(18)17-21)24(11-3-12-24)19-5-7-20(25)8-6-19;/h2,4-9,16-17,23,26-27H,3,10-15H2,1H3;1H/b16-2+;. The van der Waals surface area contributed by atoms with Gasteiger partial charge in [0.1, 0.15) is 12.4 Å². The number of nitrogens with one attached hydrogen (secondary N) is 2. The van der Waals surface area contributed by atoms with Gasteiger partial charge >= 0.3 is 0 Å². The van der Waals surface area contributed by atoms with E-state index in [1.165, 1.54) is 29.2 Å². The van der Waals surface area contributed by atoms with Gasteiger partial charge in [0.25, 0.3) is 0 Å². The van der Waals surface area contributed by atoms with Crippen LogP contribution in [0, 0.1) is 0 Å². The Balaban J connectivity index is 0.00000289. The first kappa shape index (κ1) is 25.1. The van der Waals surface area contributed by atoms with Gasteiger partial charge < -0.3 is 10.1 Å². The lowest BCUT2D eigenvalue weighted by atomic mass is 9.58. The monoisotopic (exact) mass is 496 g/mol. The topological polar surface area (TPSA) is 67.4 Å². The van der Waals surface area contributed by atoms with Gasteiger partial charge in [-0.1, -0.05) is 42.3 Å². The van der Waals surface area contributed by atoms with Crippen LogP contribution in [0.25, 0.3) is 0 Å². The van der Waals surface area contributed by atoms with E-state index in [1.54, 1.807) is 6.92 Å². The molecule has 4 rings (SSSR count). The molecule has 0 amide bonds. The van der Waals surface area contributed by atoms with Crippen LogP contribution in [0.15, 0.2) is 53.9 Å². The van der Waals surface area contributed by atoms with Crippen molar-refractivity contribution in [2.24, 2.45) is 0 Å². The number of ether oxygens (including phenoxy) is 1. The molecule has 2 aliphatic rings. The van der Waals surface area contributed by atoms with E-state index >= 15 is 0 Å². The van der Waals surface area contributed by atoms with Gasteiger partial charge in [-0.25, -0.2) is 13.1 Å². The molecule has 2 aromatic rings. The normalized spacial score (nSPS) is 19.6. The Bertz CT molecular complexity index is 1050. The Morgan fingerprint density at radius 2 is 1.97 bits per heavy atom. The van der Waals surface area contributed by atoms with Gasteiger partial charge in [0, 0.05) is 28.4 Å². The molecule has 0 spiro atoms. The highest BCUT2D eigenvalue weighted by atomic mass is 35.5. The number of halogens is 2. The van der Waals surface area contributed by atoms with Crippen molar-refractivity contribution in [3.63, 3.8) is 0 Å². The number of fused-ring (bicyclic) bond motifs is 1. The van der Waals surface area contributed by atoms with E-state index in [0.717, 1.165) is 42.0 Å². The molecule has 0 aromatic heterocycles. The number of allylic oxidation sites excluding steroid dienone is 1. The smallest absolute Gasteiger partial charge is 0.233 e. The number of sulfonamides is 1. The average molecular weight is 497 g/mol. The molecule has 1 saturated carbocycles. The minimum atomic E-state index is -3.39. The molecule has 1 fully saturated rings. The van der Waals surface area contributed by atoms with Crippen molar-refractivity contribution in [3.8, 4) is 5.75 Å². The minimum Gasteiger partial charge on any atom is -0.492 e. The molecule has 0 saturated heterocycles. The molecule has 0 bridgehead atoms. The van der Waals surface area contributed by atoms with E-state index in [4.69, 9.17) is 16.3 Å². The van der Waals surface area contributed by atoms with Crippen LogP contribution in [0.4, 0.5) is 0 Å². The molecule has 2 aromatic carbocycles. The van der Waals surface area contributed by atoms with Gasteiger partial charge in [-0.05, 0) is 73.7 Å². The van der Waals surface area contributed by atoms with Crippen LogP contribution in [0.5, 0.6) is 5.75 Å². The fourth-order valence-corrected chi connectivity index (χ4v) is 5.73. The zero-order chi connectivity index (χ0) is 21.9. The zero-order valence-corrected chi connectivity index (χ0v) is 20.5. The Morgan fingerprint density at radius 3 is 2.62 bits per heavy atom. The maximum Gasteiger partial charge on any atom is 0.233 e. The quantitative estimate of drug-likeness (QED) is 0.509. The summed E-state index contributed by atoms with van der Waals surface area (Å²) in [7, 11) is -3.39. The first-order valence-electron chi connectivity index (χ1n) is 10.8. The predicted octanol–water partition coefficient (Wildman–Crippen LogP) is 4.90. The predicted molar refractivity (Wildman–Crippen MR) is 132 cm³/mol. The molecule has 1 aliphatic heterocycles. The van der Waals surface area contributed by atoms with Gasteiger partial charge in [-0.15, -0.1) is 12.4 Å². The van der Waals surface area contributed by atoms with Crippen LogP contribution < -0.4 is 14.8 Å². The average Bonchev–Trinajstić information content (AvgIpc) is 2.72. The fourth-order valence-electron chi connectivity index (χ4n) is 4.78. The second-order valence-corrected chi connectivity index (χ2v) is 10.4. The molecule has 1 unspecified atom stereocenters. The van der Waals surface area contributed by atoms with Crippen molar-refractivity contribution >= 4 is 34.0 Å². The second kappa shape index (κ2) is 10.6. The number of hydrogen-bond acceptors (Lipinski definition) is 4. The van der Waals surface area contributed by atoms with Crippen molar-refractivity contribution in [1.82, 2.24) is 10.0 Å². The Morgan fingerprint density at radius 1 is 1.22 bits per heavy atom. The van der Waals surface area contributed by atoms with E-state index in [-0.39, 0.29) is 37.0 Å². The lowest BCUT2D eigenvalue weighted by molar-refractivity contribution is 0.164. The summed E-state index contributed by atoms with van der Waals surface area (Å²) >= 11 is 6.14. The van der Waals surface area contributed by atoms with Crippen LogP contribution >= 0.6 is 24.0 Å². The summed E-state index contributed by atoms with van der Waals surface area (Å²) in [6.07, 6.45) is 5.99. The third-order valence-electron chi connectivity index (χ3n) is 6.38. The molecule has 1 heterocycles. The van der Waals surface area contributed by atoms with Gasteiger partial charge in [-0.2, -0.15) is 0 Å². The van der Waals surface area contributed by atoms with Crippen molar-refractivity contribution in [3.05, 3.63) is 75.7 Å². The van der Waals surface area contributed by atoms with E-state index < -0.39 is 10.0 Å². The SMILES string of the molecule is C/C=C/S(=O)(=O)NCCOc1ccc2c(c1)C(C1(c3ccc(Cl)cc3)CCC1)NCC2.Cl. The molecule has 1 atom stereocenters. The third kappa shape index (κ3) is 5.32. The van der Waals surface area contributed by atoms with Crippen molar-refractivity contribution in [2.75, 3.05) is 19.7 Å². The van der Waals surface area contributed by atoms with E-state index in [1.807, 2.05) is 18.2 Å². The van der Waals surface area contributed by atoms with Gasteiger partial charge in [0.15, 0.2) is 0 Å². The molecule has 8 heteroatoms. The summed E-state index contributed by atoms with van der Waals surface area (Å²) in [6, 6.07) is 14.8. The Labute approximate surface area is 202 Å². The molecular formula is C24H30Cl2N2O3S. The number of rotatable bonds is 8. The van der Waals surface area contributed by atoms with Crippen molar-refractivity contribution in [2.45, 2.75) is 44.1 Å². The Hall–Kier alpha value is -1.57. The fraction of sp³-hybridized carbons (Fsp3) is 0.417. The van der Waals surface area contributed by atoms with Crippen molar-refractivity contribution in [1.29, 1.82) is 0 Å². The molecule has 1 aliphatic carbocycles. The minimum absolute atomic E-state index is 0. The van der Waals surface area contributed by atoms with Crippen LogP contribution in [-0.2, 0) is 21.9 Å². The zero-order valence-electron chi connectivity index (χ0n) is 18.1. The van der Waals surface area contributed by atoms with Gasteiger partial charge in [0.05, 0.1) is 0 Å². The summed E-state index contributed by atoms with van der Waals surface area (Å²) in [5.41, 5.74) is 4.04. The third-order valence-corrected chi connectivity index (χ3v) is 7.87. The van der Waals surface area contributed by atoms with Crippen molar-refractivity contribution < 1.29 is 13.2 Å². The van der Waals surface area contributed by atoms with E-state index in [2.05, 4.69) is 34.3 Å². The van der Waals surface area contributed by atoms with Crippen LogP contribution in [0.3, 0.4) is 0 Å². The van der Waals surface area contributed by atoms with Crippen LogP contribution in [0.2, 0.25) is 5.02 Å². The summed E-state index contributed by atoms with van der Waals surface area (Å²) in [4.78, 5) is 0. The highest BCUT2D eigenvalue weighted by molar-refractivity contribution is 7.92. The lowest BCUT2D eigenvalue weighted by Gasteiger charge is -2.50. The van der Waals surface area contributed by atoms with Gasteiger partial charge in [-0.3, -0.25) is 0 Å². The number of benzene rings is 2. The van der Waals surface area contributed by atoms with Gasteiger partial charge in [0.2, 0.25) is 10.0 Å². The molecule has 32 heavy (non-hydrogen) atoms. The summed E-state index contributed by atoms with van der Waals surface area (Å²) in [5.74, 6) is 0.767. The van der Waals surface area contributed by atoms with Crippen LogP contribution in [0.1, 0.15) is 48.9 Å². The summed E-state index contributed by atoms with van der Waals surface area (Å²) in [5, 5.41) is 5.68. The first-order chi connectivity index (χ1) is 14.9. The summed E-state index contributed by atoms with van der Waals surface area (Å²) in [6.45, 7) is 3.13. The molecule has 5 nitrogen and oxygen atoms in total. The van der Waals surface area contributed by atoms with Crippen LogP contribution in [-0.4, -0.2) is 28.1 Å². The lowest BCUT2D eigenvalue weighted by Crippen LogP contribution is -2.49. The largest absolute Gasteiger partial charge is 0.492 e.